The Morgan fingerprint density at radius 3 is 2.54 bits per heavy atom. The topological polar surface area (TPSA) is 66.5 Å². The van der Waals surface area contributed by atoms with E-state index in [0.29, 0.717) is 0 Å². The predicted octanol–water partition coefficient (Wildman–Crippen LogP) is 4.09. The summed E-state index contributed by atoms with van der Waals surface area (Å²) in [6, 6.07) is 13.3. The molecule has 2 N–H and O–H groups in total. The highest BCUT2D eigenvalue weighted by Gasteiger charge is 2.11. The first-order chi connectivity index (χ1) is 12.7. The Labute approximate surface area is 155 Å². The number of nitrogens with zero attached hydrogens (tertiary/aromatic N) is 2. The van der Waals surface area contributed by atoms with Gasteiger partial charge in [0.2, 0.25) is 0 Å². The van der Waals surface area contributed by atoms with E-state index in [0.717, 1.165) is 58.6 Å². The molecule has 1 aliphatic rings. The van der Waals surface area contributed by atoms with Crippen LogP contribution in [0.3, 0.4) is 0 Å². The van der Waals surface area contributed by atoms with E-state index in [1.54, 1.807) is 11.3 Å². The Morgan fingerprint density at radius 2 is 1.77 bits per heavy atom. The lowest BCUT2D eigenvalue weighted by atomic mass is 10.2. The number of rotatable bonds is 3. The van der Waals surface area contributed by atoms with Gasteiger partial charge in [0.05, 0.1) is 28.4 Å². The second-order valence-corrected chi connectivity index (χ2v) is 7.38. The summed E-state index contributed by atoms with van der Waals surface area (Å²) >= 11 is 1.62. The Kier molecular flexibility index (Phi) is 4.73. The maximum atomic E-state index is 12.2. The number of aryl methyl sites for hydroxylation is 1. The molecule has 0 unspecified atom stereocenters. The first-order valence-electron chi connectivity index (χ1n) is 8.55. The number of hydrogen-bond donors (Lipinski definition) is 2. The molecule has 2 amide bonds. The summed E-state index contributed by atoms with van der Waals surface area (Å²) in [4.78, 5) is 19.0. The van der Waals surface area contributed by atoms with Crippen molar-refractivity contribution in [3.05, 3.63) is 47.5 Å². The fourth-order valence-electron chi connectivity index (χ4n) is 2.99. The number of thiazole rings is 1. The molecule has 7 heteroatoms. The monoisotopic (exact) mass is 368 g/mol. The van der Waals surface area contributed by atoms with Crippen molar-refractivity contribution >= 4 is 44.6 Å². The number of morpholine rings is 1. The van der Waals surface area contributed by atoms with Gasteiger partial charge in [-0.2, -0.15) is 0 Å². The first-order valence-corrected chi connectivity index (χ1v) is 9.37. The van der Waals surface area contributed by atoms with Crippen molar-refractivity contribution in [2.45, 2.75) is 6.92 Å². The van der Waals surface area contributed by atoms with Crippen molar-refractivity contribution in [2.24, 2.45) is 0 Å². The average Bonchev–Trinajstić information content (AvgIpc) is 3.02. The van der Waals surface area contributed by atoms with E-state index >= 15 is 0 Å². The Balaban J connectivity index is 1.38. The molecule has 2 aromatic carbocycles. The second kappa shape index (κ2) is 7.31. The van der Waals surface area contributed by atoms with Gasteiger partial charge in [-0.05, 0) is 49.4 Å². The minimum absolute atomic E-state index is 0.260. The van der Waals surface area contributed by atoms with E-state index in [2.05, 4.69) is 20.5 Å². The number of amides is 2. The fourth-order valence-corrected chi connectivity index (χ4v) is 3.85. The van der Waals surface area contributed by atoms with Crippen LogP contribution in [0.1, 0.15) is 5.01 Å². The van der Waals surface area contributed by atoms with Crippen molar-refractivity contribution in [1.82, 2.24) is 4.98 Å². The van der Waals surface area contributed by atoms with Gasteiger partial charge in [0.15, 0.2) is 0 Å². The molecule has 4 rings (SSSR count). The third-order valence-corrected chi connectivity index (χ3v) is 5.19. The minimum Gasteiger partial charge on any atom is -0.378 e. The van der Waals surface area contributed by atoms with Crippen LogP contribution in [0.4, 0.5) is 21.9 Å². The Morgan fingerprint density at radius 1 is 1.08 bits per heavy atom. The van der Waals surface area contributed by atoms with Crippen LogP contribution in [-0.4, -0.2) is 37.3 Å². The number of carbonyl (C=O) groups excluding carboxylic acids is 1. The maximum Gasteiger partial charge on any atom is 0.323 e. The normalized spacial score (nSPS) is 14.4. The maximum absolute atomic E-state index is 12.2. The van der Waals surface area contributed by atoms with Gasteiger partial charge in [-0.15, -0.1) is 11.3 Å². The zero-order chi connectivity index (χ0) is 17.9. The number of nitrogens with one attached hydrogen (secondary N) is 2. The third-order valence-electron chi connectivity index (χ3n) is 4.25. The molecule has 1 aliphatic heterocycles. The summed E-state index contributed by atoms with van der Waals surface area (Å²) in [6.45, 7) is 5.28. The smallest absolute Gasteiger partial charge is 0.323 e. The Bertz CT molecular complexity index is 917. The zero-order valence-electron chi connectivity index (χ0n) is 14.5. The molecule has 2 heterocycles. The summed E-state index contributed by atoms with van der Waals surface area (Å²) in [6.07, 6.45) is 0. The van der Waals surface area contributed by atoms with Crippen LogP contribution in [0, 0.1) is 6.92 Å². The van der Waals surface area contributed by atoms with E-state index in [-0.39, 0.29) is 6.03 Å². The molecular formula is C19H20N4O2S. The molecule has 6 nitrogen and oxygen atoms in total. The van der Waals surface area contributed by atoms with Crippen molar-refractivity contribution in [2.75, 3.05) is 41.8 Å². The van der Waals surface area contributed by atoms with E-state index in [4.69, 9.17) is 4.74 Å². The predicted molar refractivity (Wildman–Crippen MR) is 106 cm³/mol. The molecule has 0 radical (unpaired) electrons. The van der Waals surface area contributed by atoms with Crippen LogP contribution in [-0.2, 0) is 4.74 Å². The molecule has 1 aromatic heterocycles. The lowest BCUT2D eigenvalue weighted by Gasteiger charge is -2.28. The molecule has 0 spiro atoms. The number of carbonyl (C=O) groups is 1. The Hall–Kier alpha value is -2.64. The molecule has 3 aromatic rings. The zero-order valence-corrected chi connectivity index (χ0v) is 15.3. The van der Waals surface area contributed by atoms with Gasteiger partial charge < -0.3 is 20.3 Å². The molecule has 1 saturated heterocycles. The molecule has 0 aliphatic carbocycles. The summed E-state index contributed by atoms with van der Waals surface area (Å²) in [5.74, 6) is 0. The lowest BCUT2D eigenvalue weighted by Crippen LogP contribution is -2.36. The number of urea groups is 1. The molecule has 134 valence electrons. The highest BCUT2D eigenvalue weighted by atomic mass is 32.1. The number of hydrogen-bond acceptors (Lipinski definition) is 5. The fraction of sp³-hybridized carbons (Fsp3) is 0.263. The largest absolute Gasteiger partial charge is 0.378 e. The van der Waals surface area contributed by atoms with Crippen molar-refractivity contribution in [3.63, 3.8) is 0 Å². The van der Waals surface area contributed by atoms with Gasteiger partial charge in [0.25, 0.3) is 0 Å². The van der Waals surface area contributed by atoms with Crippen LogP contribution in [0.2, 0.25) is 0 Å². The number of aromatic nitrogens is 1. The van der Waals surface area contributed by atoms with Crippen LogP contribution in [0.25, 0.3) is 10.2 Å². The van der Waals surface area contributed by atoms with Crippen LogP contribution in [0.15, 0.2) is 42.5 Å². The van der Waals surface area contributed by atoms with Gasteiger partial charge in [0.1, 0.15) is 0 Å². The van der Waals surface area contributed by atoms with Gasteiger partial charge in [0, 0.05) is 30.2 Å². The summed E-state index contributed by atoms with van der Waals surface area (Å²) in [7, 11) is 0. The van der Waals surface area contributed by atoms with Crippen molar-refractivity contribution in [3.8, 4) is 0 Å². The van der Waals surface area contributed by atoms with Crippen molar-refractivity contribution < 1.29 is 9.53 Å². The van der Waals surface area contributed by atoms with E-state index < -0.39 is 0 Å². The van der Waals surface area contributed by atoms with Gasteiger partial charge in [-0.3, -0.25) is 0 Å². The first kappa shape index (κ1) is 16.8. The number of benzene rings is 2. The quantitative estimate of drug-likeness (QED) is 0.731. The highest BCUT2D eigenvalue weighted by Crippen LogP contribution is 2.25. The standard InChI is InChI=1S/C19H20N4O2S/c1-13-20-17-7-4-15(12-18(17)26-13)22-19(24)21-14-2-5-16(6-3-14)23-8-10-25-11-9-23/h2-7,12H,8-11H2,1H3,(H2,21,22,24). The second-order valence-electron chi connectivity index (χ2n) is 6.14. The van der Waals surface area contributed by atoms with Gasteiger partial charge in [-0.1, -0.05) is 0 Å². The van der Waals surface area contributed by atoms with Gasteiger partial charge in [-0.25, -0.2) is 9.78 Å². The average molecular weight is 368 g/mol. The van der Waals surface area contributed by atoms with E-state index in [9.17, 15) is 4.79 Å². The molecule has 26 heavy (non-hydrogen) atoms. The number of fused-ring (bicyclic) bond motifs is 1. The van der Waals surface area contributed by atoms with Crippen LogP contribution >= 0.6 is 11.3 Å². The third kappa shape index (κ3) is 3.79. The number of anilines is 3. The highest BCUT2D eigenvalue weighted by molar-refractivity contribution is 7.18. The molecular weight excluding hydrogens is 348 g/mol. The number of ether oxygens (including phenoxy) is 1. The van der Waals surface area contributed by atoms with Crippen molar-refractivity contribution in [1.29, 1.82) is 0 Å². The minimum atomic E-state index is -0.260. The lowest BCUT2D eigenvalue weighted by molar-refractivity contribution is 0.122. The summed E-state index contributed by atoms with van der Waals surface area (Å²) in [5, 5.41) is 6.76. The van der Waals surface area contributed by atoms with E-state index in [1.165, 1.54) is 0 Å². The molecule has 0 saturated carbocycles. The van der Waals surface area contributed by atoms with Gasteiger partial charge >= 0.3 is 6.03 Å². The molecule has 0 bridgehead atoms. The SMILES string of the molecule is Cc1nc2ccc(NC(=O)Nc3ccc(N4CCOCC4)cc3)cc2s1. The summed E-state index contributed by atoms with van der Waals surface area (Å²) in [5.41, 5.74) is 3.61. The summed E-state index contributed by atoms with van der Waals surface area (Å²) < 4.78 is 6.44. The van der Waals surface area contributed by atoms with Crippen LogP contribution in [0.5, 0.6) is 0 Å². The van der Waals surface area contributed by atoms with Crippen LogP contribution < -0.4 is 15.5 Å². The van der Waals surface area contributed by atoms with E-state index in [1.807, 2.05) is 49.4 Å². The molecule has 0 atom stereocenters. The molecule has 1 fully saturated rings.